The minimum absolute atomic E-state index is 0.0426. The van der Waals surface area contributed by atoms with Crippen LogP contribution >= 0.6 is 0 Å². The molecular formula is C31H33N5O2. The molecule has 6 rings (SSSR count). The molecule has 1 aliphatic carbocycles. The topological polar surface area (TPSA) is 96.2 Å². The summed E-state index contributed by atoms with van der Waals surface area (Å²) in [7, 11) is 0. The molecule has 1 aromatic heterocycles. The van der Waals surface area contributed by atoms with Gasteiger partial charge in [0.15, 0.2) is 5.78 Å². The minimum atomic E-state index is -0.507. The lowest BCUT2D eigenvalue weighted by Crippen LogP contribution is -2.57. The average Bonchev–Trinajstić information content (AvgIpc) is 3.37. The molecule has 3 aromatic rings. The van der Waals surface area contributed by atoms with Crippen molar-refractivity contribution in [3.63, 3.8) is 0 Å². The highest BCUT2D eigenvalue weighted by Crippen LogP contribution is 2.46. The zero-order valence-electron chi connectivity index (χ0n) is 22.4. The highest BCUT2D eigenvalue weighted by molar-refractivity contribution is 6.21. The van der Waals surface area contributed by atoms with Crippen molar-refractivity contribution in [3.8, 4) is 12.1 Å². The fraction of sp³-hybridized carbons (Fsp3) is 0.452. The summed E-state index contributed by atoms with van der Waals surface area (Å²) >= 11 is 0. The van der Waals surface area contributed by atoms with E-state index in [1.165, 1.54) is 0 Å². The first-order chi connectivity index (χ1) is 18.3. The number of benzene rings is 2. The van der Waals surface area contributed by atoms with E-state index in [2.05, 4.69) is 59.8 Å². The van der Waals surface area contributed by atoms with Crippen LogP contribution < -0.4 is 4.90 Å². The van der Waals surface area contributed by atoms with Gasteiger partial charge in [-0.25, -0.2) is 0 Å². The number of hydrogen-bond acceptors (Lipinski definition) is 6. The number of hydrogen-bond donors (Lipinski definition) is 1. The van der Waals surface area contributed by atoms with Crippen molar-refractivity contribution in [1.82, 2.24) is 9.88 Å². The van der Waals surface area contributed by atoms with E-state index in [0.29, 0.717) is 50.3 Å². The van der Waals surface area contributed by atoms with Crippen molar-refractivity contribution >= 4 is 22.4 Å². The molecule has 7 nitrogen and oxygen atoms in total. The van der Waals surface area contributed by atoms with Gasteiger partial charge in [-0.05, 0) is 42.5 Å². The summed E-state index contributed by atoms with van der Waals surface area (Å²) in [5.41, 5.74) is 5.95. The summed E-state index contributed by atoms with van der Waals surface area (Å²) in [6.07, 6.45) is 2.27. The molecular weight excluding hydrogens is 474 g/mol. The maximum absolute atomic E-state index is 13.9. The molecule has 0 atom stereocenters. The monoisotopic (exact) mass is 507 g/mol. The Morgan fingerprint density at radius 1 is 1.05 bits per heavy atom. The lowest BCUT2D eigenvalue weighted by atomic mass is 9.71. The molecule has 3 heterocycles. The Labute approximate surface area is 223 Å². The van der Waals surface area contributed by atoms with Crippen molar-refractivity contribution in [2.24, 2.45) is 0 Å². The van der Waals surface area contributed by atoms with E-state index in [9.17, 15) is 15.3 Å². The Bertz CT molecular complexity index is 1520. The number of carbonyl (C=O) groups excluding carboxylic acids is 1. The van der Waals surface area contributed by atoms with Crippen molar-refractivity contribution in [2.75, 3.05) is 44.3 Å². The highest BCUT2D eigenvalue weighted by atomic mass is 16.5. The third kappa shape index (κ3) is 3.50. The summed E-state index contributed by atoms with van der Waals surface area (Å²) in [5, 5.41) is 21.1. The van der Waals surface area contributed by atoms with E-state index in [1.807, 2.05) is 18.2 Å². The molecule has 0 amide bonds. The number of fused-ring (bicyclic) bond motifs is 4. The van der Waals surface area contributed by atoms with Crippen molar-refractivity contribution in [2.45, 2.75) is 51.0 Å². The predicted octanol–water partition coefficient (Wildman–Crippen LogP) is 4.67. The molecule has 2 aliphatic heterocycles. The van der Waals surface area contributed by atoms with Gasteiger partial charge in [0.05, 0.1) is 41.6 Å². The maximum atomic E-state index is 13.9. The number of ether oxygens (including phenoxy) is 1. The number of aromatic amines is 1. The molecule has 1 N–H and O–H groups in total. The first kappa shape index (κ1) is 24.7. The van der Waals surface area contributed by atoms with Gasteiger partial charge in [0.25, 0.3) is 0 Å². The van der Waals surface area contributed by atoms with Gasteiger partial charge in [-0.2, -0.15) is 10.5 Å². The summed E-state index contributed by atoms with van der Waals surface area (Å²) < 4.78 is 5.52. The smallest absolute Gasteiger partial charge is 0.195 e. The minimum Gasteiger partial charge on any atom is -0.379 e. The Kier molecular flexibility index (Phi) is 5.83. The van der Waals surface area contributed by atoms with Crippen molar-refractivity contribution in [3.05, 3.63) is 63.8 Å². The average molecular weight is 508 g/mol. The number of nitrogens with one attached hydrogen (secondary N) is 1. The van der Waals surface area contributed by atoms with E-state index in [1.54, 1.807) is 0 Å². The van der Waals surface area contributed by atoms with Gasteiger partial charge >= 0.3 is 0 Å². The fourth-order valence-electron chi connectivity index (χ4n) is 6.78. The Balaban J connectivity index is 1.44. The van der Waals surface area contributed by atoms with E-state index >= 15 is 0 Å². The van der Waals surface area contributed by atoms with Gasteiger partial charge in [0, 0.05) is 48.2 Å². The van der Waals surface area contributed by atoms with E-state index in [4.69, 9.17) is 4.74 Å². The molecule has 2 fully saturated rings. The van der Waals surface area contributed by atoms with E-state index in [0.717, 1.165) is 58.5 Å². The number of H-pyrrole nitrogens is 1. The zero-order valence-corrected chi connectivity index (χ0v) is 22.4. The van der Waals surface area contributed by atoms with Crippen LogP contribution in [0.4, 0.5) is 5.69 Å². The Morgan fingerprint density at radius 3 is 2.45 bits per heavy atom. The molecule has 194 valence electrons. The van der Waals surface area contributed by atoms with Crippen LogP contribution in [-0.2, 0) is 16.6 Å². The molecule has 2 aromatic carbocycles. The summed E-state index contributed by atoms with van der Waals surface area (Å²) in [6.45, 7) is 10.6. The predicted molar refractivity (Wildman–Crippen MR) is 147 cm³/mol. The normalized spacial score (nSPS) is 20.4. The molecule has 0 saturated carbocycles. The maximum Gasteiger partial charge on any atom is 0.195 e. The summed E-state index contributed by atoms with van der Waals surface area (Å²) in [5.74, 6) is 0.0426. The number of aryl methyl sites for hydroxylation is 1. The van der Waals surface area contributed by atoms with Crippen LogP contribution in [0.3, 0.4) is 0 Å². The van der Waals surface area contributed by atoms with Crippen LogP contribution in [0.25, 0.3) is 10.9 Å². The third-order valence-corrected chi connectivity index (χ3v) is 9.06. The van der Waals surface area contributed by atoms with Gasteiger partial charge < -0.3 is 14.6 Å². The third-order valence-electron chi connectivity index (χ3n) is 9.06. The molecule has 38 heavy (non-hydrogen) atoms. The molecule has 7 heteroatoms. The van der Waals surface area contributed by atoms with Crippen LogP contribution in [-0.4, -0.2) is 60.6 Å². The van der Waals surface area contributed by atoms with Gasteiger partial charge in [0.2, 0.25) is 0 Å². The molecule has 3 aliphatic rings. The van der Waals surface area contributed by atoms with Gasteiger partial charge in [-0.15, -0.1) is 0 Å². The number of nitrogens with zero attached hydrogens (tertiary/aromatic N) is 4. The molecule has 2 saturated heterocycles. The van der Waals surface area contributed by atoms with Crippen LogP contribution in [0.1, 0.15) is 71.9 Å². The second-order valence-electron chi connectivity index (χ2n) is 11.3. The lowest BCUT2D eigenvalue weighted by molar-refractivity contribution is -0.0108. The largest absolute Gasteiger partial charge is 0.379 e. The van der Waals surface area contributed by atoms with Gasteiger partial charge in [-0.1, -0.05) is 39.0 Å². The first-order valence-corrected chi connectivity index (χ1v) is 13.6. The second-order valence-corrected chi connectivity index (χ2v) is 11.3. The van der Waals surface area contributed by atoms with Crippen LogP contribution in [0.5, 0.6) is 0 Å². The number of piperidine rings is 1. The number of anilines is 1. The number of carbonyl (C=O) groups is 1. The number of morpholine rings is 1. The molecule has 0 radical (unpaired) electrons. The fourth-order valence-corrected chi connectivity index (χ4v) is 6.78. The van der Waals surface area contributed by atoms with Crippen molar-refractivity contribution < 1.29 is 9.53 Å². The van der Waals surface area contributed by atoms with Crippen LogP contribution in [0.15, 0.2) is 30.3 Å². The van der Waals surface area contributed by atoms with Gasteiger partial charge in [-0.3, -0.25) is 9.69 Å². The van der Waals surface area contributed by atoms with Crippen molar-refractivity contribution in [1.29, 1.82) is 10.5 Å². The van der Waals surface area contributed by atoms with Gasteiger partial charge in [0.1, 0.15) is 11.6 Å². The highest BCUT2D eigenvalue weighted by Gasteiger charge is 2.43. The van der Waals surface area contributed by atoms with E-state index < -0.39 is 5.54 Å². The zero-order chi connectivity index (χ0) is 26.7. The second kappa shape index (κ2) is 8.98. The van der Waals surface area contributed by atoms with Crippen LogP contribution in [0, 0.1) is 22.7 Å². The summed E-state index contributed by atoms with van der Waals surface area (Å²) in [4.78, 5) is 22.1. The number of aromatic nitrogens is 1. The molecule has 0 bridgehead atoms. The summed E-state index contributed by atoms with van der Waals surface area (Å²) in [6, 6.07) is 15.0. The first-order valence-electron chi connectivity index (χ1n) is 13.6. The number of rotatable bonds is 3. The Morgan fingerprint density at radius 2 is 1.79 bits per heavy atom. The molecule has 0 unspecified atom stereocenters. The molecule has 0 spiro atoms. The lowest BCUT2D eigenvalue weighted by Gasteiger charge is -2.46. The number of ketones is 1. The SMILES string of the molecule is CCc1ccc2c(c1)C(=O)c1c([nH]c3c(N4CCC(C#N)(N5CCOCC5)CC4)c(C#N)ccc13)C2(C)C. The van der Waals surface area contributed by atoms with E-state index in [-0.39, 0.29) is 11.2 Å². The standard InChI is InChI=1S/C31H33N5O2/c1-4-20-5-8-24-23(17-20)28(37)25-22-7-6-21(18-32)27(26(22)34-29(25)30(24,2)3)35-11-9-31(19-33,10-12-35)36-13-15-38-16-14-36/h5-8,17,34H,4,9-16H2,1-3H3. The van der Waals surface area contributed by atoms with Crippen LogP contribution in [0.2, 0.25) is 0 Å². The quantitative estimate of drug-likeness (QED) is 0.554. The Hall–Kier alpha value is -3.65. The number of nitriles is 2.